The van der Waals surface area contributed by atoms with Crippen molar-refractivity contribution < 1.29 is 13.2 Å². The van der Waals surface area contributed by atoms with Crippen molar-refractivity contribution in [2.24, 2.45) is 0 Å². The van der Waals surface area contributed by atoms with E-state index in [-0.39, 0.29) is 12.2 Å². The number of hydrogen-bond acceptors (Lipinski definition) is 3. The first kappa shape index (κ1) is 19.6. The minimum atomic E-state index is -3.42. The fourth-order valence-corrected chi connectivity index (χ4v) is 4.63. The van der Waals surface area contributed by atoms with Gasteiger partial charge in [-0.2, -0.15) is 4.31 Å². The van der Waals surface area contributed by atoms with E-state index in [4.69, 9.17) is 4.74 Å². The molecule has 0 amide bonds. The van der Waals surface area contributed by atoms with Gasteiger partial charge in [0.05, 0.1) is 17.1 Å². The van der Waals surface area contributed by atoms with Crippen molar-refractivity contribution in [2.45, 2.75) is 49.2 Å². The van der Waals surface area contributed by atoms with Crippen LogP contribution in [0.1, 0.15) is 32.1 Å². The molecule has 0 N–H and O–H groups in total. The summed E-state index contributed by atoms with van der Waals surface area (Å²) in [6.45, 7) is 8.64. The van der Waals surface area contributed by atoms with Gasteiger partial charge in [0.25, 0.3) is 0 Å². The van der Waals surface area contributed by atoms with E-state index in [0.717, 1.165) is 36.6 Å². The molecule has 6 heteroatoms. The maximum atomic E-state index is 12.7. The molecule has 1 atom stereocenters. The van der Waals surface area contributed by atoms with Crippen LogP contribution >= 0.6 is 15.9 Å². The zero-order valence-electron chi connectivity index (χ0n) is 13.9. The molecule has 1 aromatic rings. The van der Waals surface area contributed by atoms with Crippen LogP contribution in [0.15, 0.2) is 46.3 Å². The number of rotatable bonds is 8. The van der Waals surface area contributed by atoms with Crippen LogP contribution in [0.25, 0.3) is 0 Å². The molecule has 2 rings (SSSR count). The molecule has 133 valence electrons. The predicted molar refractivity (Wildman–Crippen MR) is 100 cm³/mol. The van der Waals surface area contributed by atoms with Crippen LogP contribution in [-0.2, 0) is 14.8 Å². The Bertz CT molecular complexity index is 622. The number of ether oxygens (including phenoxy) is 1. The van der Waals surface area contributed by atoms with E-state index in [1.807, 2.05) is 6.08 Å². The fourth-order valence-electron chi connectivity index (χ4n) is 2.89. The van der Waals surface area contributed by atoms with Crippen LogP contribution in [0.5, 0.6) is 0 Å². The fraction of sp³-hybridized carbons (Fsp3) is 0.500. The van der Waals surface area contributed by atoms with Gasteiger partial charge in [-0.1, -0.05) is 35.4 Å². The monoisotopic (exact) mass is 414 g/mol. The lowest BCUT2D eigenvalue weighted by molar-refractivity contribution is -0.0354. The van der Waals surface area contributed by atoms with E-state index >= 15 is 0 Å². The van der Waals surface area contributed by atoms with Crippen molar-refractivity contribution in [3.8, 4) is 0 Å². The highest BCUT2D eigenvalue weighted by Crippen LogP contribution is 2.25. The Labute approximate surface area is 154 Å². The van der Waals surface area contributed by atoms with Gasteiger partial charge in [0.2, 0.25) is 10.0 Å². The molecular formula is C18H25BrNO3S. The molecule has 0 saturated carbocycles. The Hall–Kier alpha value is -0.690. The zero-order chi connectivity index (χ0) is 17.6. The molecule has 1 unspecified atom stereocenters. The smallest absolute Gasteiger partial charge is 0.243 e. The second-order valence-electron chi connectivity index (χ2n) is 5.98. The third-order valence-electron chi connectivity index (χ3n) is 4.19. The van der Waals surface area contributed by atoms with Crippen LogP contribution < -0.4 is 0 Å². The summed E-state index contributed by atoms with van der Waals surface area (Å²) >= 11 is 3.33. The largest absolute Gasteiger partial charge is 0.375 e. The van der Waals surface area contributed by atoms with Crippen molar-refractivity contribution >= 4 is 26.0 Å². The second-order valence-corrected chi connectivity index (χ2v) is 8.84. The quantitative estimate of drug-likeness (QED) is 0.599. The van der Waals surface area contributed by atoms with Gasteiger partial charge in [-0.25, -0.2) is 8.42 Å². The average Bonchev–Trinajstić information content (AvgIpc) is 2.56. The predicted octanol–water partition coefficient (Wildman–Crippen LogP) is 4.18. The molecule has 0 aliphatic carbocycles. The summed E-state index contributed by atoms with van der Waals surface area (Å²) < 4.78 is 33.9. The van der Waals surface area contributed by atoms with Gasteiger partial charge in [-0.3, -0.25) is 0 Å². The molecule has 0 aromatic heterocycles. The Morgan fingerprint density at radius 1 is 1.29 bits per heavy atom. The summed E-state index contributed by atoms with van der Waals surface area (Å²) in [6, 6.07) is 6.77. The second kappa shape index (κ2) is 9.13. The first-order valence-corrected chi connectivity index (χ1v) is 10.5. The minimum Gasteiger partial charge on any atom is -0.375 e. The van der Waals surface area contributed by atoms with Crippen molar-refractivity contribution in [3.05, 3.63) is 48.3 Å². The molecule has 1 aliphatic heterocycles. The van der Waals surface area contributed by atoms with E-state index in [2.05, 4.69) is 29.4 Å². The standard InChI is InChI=1S/C18H25BrNO3S/c1-3-5-16(6-4-2)23-17-11-13-20(14-12-17)24(21,22)18-9-7-15(19)8-10-18/h3,7-10,16-17H,1-2,4-6,11-14H2. The average molecular weight is 415 g/mol. The molecule has 1 fully saturated rings. The van der Waals surface area contributed by atoms with Gasteiger partial charge in [-0.15, -0.1) is 6.58 Å². The zero-order valence-corrected chi connectivity index (χ0v) is 16.3. The number of sulfonamides is 1. The van der Waals surface area contributed by atoms with Gasteiger partial charge < -0.3 is 4.74 Å². The van der Waals surface area contributed by atoms with Gasteiger partial charge in [0.15, 0.2) is 0 Å². The van der Waals surface area contributed by atoms with E-state index in [1.54, 1.807) is 28.6 Å². The van der Waals surface area contributed by atoms with Crippen LogP contribution in [0, 0.1) is 6.92 Å². The third kappa shape index (κ3) is 5.15. The highest BCUT2D eigenvalue weighted by atomic mass is 79.9. The van der Waals surface area contributed by atoms with Crippen LogP contribution in [0.3, 0.4) is 0 Å². The molecule has 1 aromatic carbocycles. The normalized spacial score (nSPS) is 18.4. The van der Waals surface area contributed by atoms with Crippen molar-refractivity contribution in [2.75, 3.05) is 13.1 Å². The summed E-state index contributed by atoms with van der Waals surface area (Å²) in [5, 5.41) is 0. The molecule has 4 nitrogen and oxygen atoms in total. The van der Waals surface area contributed by atoms with Crippen molar-refractivity contribution in [1.82, 2.24) is 4.31 Å². The number of piperidine rings is 1. The summed E-state index contributed by atoms with van der Waals surface area (Å²) in [4.78, 5) is 0.339. The lowest BCUT2D eigenvalue weighted by atomic mass is 10.1. The van der Waals surface area contributed by atoms with Gasteiger partial charge in [0.1, 0.15) is 0 Å². The molecule has 24 heavy (non-hydrogen) atoms. The van der Waals surface area contributed by atoms with Crippen molar-refractivity contribution in [1.29, 1.82) is 0 Å². The first-order valence-electron chi connectivity index (χ1n) is 8.28. The van der Waals surface area contributed by atoms with E-state index in [9.17, 15) is 8.42 Å². The van der Waals surface area contributed by atoms with Crippen LogP contribution in [0.4, 0.5) is 0 Å². The van der Waals surface area contributed by atoms with Gasteiger partial charge in [0, 0.05) is 17.6 Å². The molecular weight excluding hydrogens is 390 g/mol. The highest BCUT2D eigenvalue weighted by Gasteiger charge is 2.30. The van der Waals surface area contributed by atoms with Crippen LogP contribution in [0.2, 0.25) is 0 Å². The molecule has 0 bridgehead atoms. The maximum Gasteiger partial charge on any atom is 0.243 e. The summed E-state index contributed by atoms with van der Waals surface area (Å²) in [5.41, 5.74) is 0. The van der Waals surface area contributed by atoms with Gasteiger partial charge >= 0.3 is 0 Å². The number of benzene rings is 1. The summed E-state index contributed by atoms with van der Waals surface area (Å²) in [7, 11) is -3.42. The molecule has 1 radical (unpaired) electrons. The lowest BCUT2D eigenvalue weighted by Gasteiger charge is -2.33. The SMILES string of the molecule is [CH2]CCC(CC=C)OC1CCN(S(=O)(=O)c2ccc(Br)cc2)CC1. The number of halogens is 1. The van der Waals surface area contributed by atoms with Gasteiger partial charge in [-0.05, 0) is 49.9 Å². The Balaban J connectivity index is 1.94. The lowest BCUT2D eigenvalue weighted by Crippen LogP contribution is -2.41. The highest BCUT2D eigenvalue weighted by molar-refractivity contribution is 9.10. The molecule has 1 aliphatic rings. The maximum absolute atomic E-state index is 12.7. The van der Waals surface area contributed by atoms with Crippen molar-refractivity contribution in [3.63, 3.8) is 0 Å². The first-order chi connectivity index (χ1) is 11.5. The Morgan fingerprint density at radius 2 is 1.92 bits per heavy atom. The number of hydrogen-bond donors (Lipinski definition) is 0. The summed E-state index contributed by atoms with van der Waals surface area (Å²) in [5.74, 6) is 0. The topological polar surface area (TPSA) is 46.6 Å². The summed E-state index contributed by atoms with van der Waals surface area (Å²) in [6.07, 6.45) is 6.11. The van der Waals surface area contributed by atoms with E-state index in [0.29, 0.717) is 18.0 Å². The molecule has 1 saturated heterocycles. The molecule has 0 spiro atoms. The van der Waals surface area contributed by atoms with E-state index in [1.165, 1.54) is 0 Å². The van der Waals surface area contributed by atoms with E-state index < -0.39 is 10.0 Å². The Morgan fingerprint density at radius 3 is 2.46 bits per heavy atom. The Kier molecular flexibility index (Phi) is 7.47. The third-order valence-corrected chi connectivity index (χ3v) is 6.63. The minimum absolute atomic E-state index is 0.109. The van der Waals surface area contributed by atoms with Crippen LogP contribution in [-0.4, -0.2) is 38.0 Å². The number of nitrogens with zero attached hydrogens (tertiary/aromatic N) is 1. The molecule has 1 heterocycles.